The summed E-state index contributed by atoms with van der Waals surface area (Å²) in [7, 11) is 12.5. The van der Waals surface area contributed by atoms with Gasteiger partial charge >= 0.3 is 5.97 Å². The van der Waals surface area contributed by atoms with Crippen LogP contribution in [0.25, 0.3) is 0 Å². The van der Waals surface area contributed by atoms with Gasteiger partial charge in [-0.05, 0) is 0 Å². The second-order valence-corrected chi connectivity index (χ2v) is 7.30. The third-order valence-corrected chi connectivity index (χ3v) is 3.59. The number of imide groups is 1. The highest BCUT2D eigenvalue weighted by Gasteiger charge is 2.37. The van der Waals surface area contributed by atoms with Crippen molar-refractivity contribution in [2.75, 3.05) is 42.3 Å². The Morgan fingerprint density at radius 1 is 1.00 bits per heavy atom. The number of quaternary nitrogens is 2. The normalized spacial score (nSPS) is 15.3. The molecule has 0 radical (unpaired) electrons. The summed E-state index contributed by atoms with van der Waals surface area (Å²) in [6, 6.07) is 0. The van der Waals surface area contributed by atoms with Crippen molar-refractivity contribution in [3.8, 4) is 0 Å². The molecule has 0 saturated carbocycles. The molecule has 136 valence electrons. The molecule has 0 unspecified atom stereocenters. The van der Waals surface area contributed by atoms with Crippen LogP contribution in [0.3, 0.4) is 0 Å². The van der Waals surface area contributed by atoms with Crippen LogP contribution in [0.1, 0.15) is 25.7 Å². The number of hydroxylamine groups is 2. The Bertz CT molecular complexity index is 414. The van der Waals surface area contributed by atoms with Crippen molar-refractivity contribution in [3.05, 3.63) is 0 Å². The molecule has 0 aliphatic carbocycles. The van der Waals surface area contributed by atoms with Crippen LogP contribution >= 0.6 is 0 Å². The Morgan fingerprint density at radius 2 is 1.39 bits per heavy atom. The minimum absolute atomic E-state index is 0. The van der Waals surface area contributed by atoms with E-state index in [-0.39, 0.29) is 73.4 Å². The molecule has 23 heavy (non-hydrogen) atoms. The number of hydrogen-bond donors (Lipinski definition) is 0. The van der Waals surface area contributed by atoms with Crippen molar-refractivity contribution in [2.45, 2.75) is 31.8 Å². The molecule has 2 amide bonds. The predicted molar refractivity (Wildman–Crippen MR) is 76.3 cm³/mol. The first-order valence-electron chi connectivity index (χ1n) is 7.11. The summed E-state index contributed by atoms with van der Waals surface area (Å²) in [5, 5.41) is 0.606. The molecule has 0 atom stereocenters. The first kappa shape index (κ1) is 25.2. The molecule has 0 aromatic carbocycles. The summed E-state index contributed by atoms with van der Waals surface area (Å²) in [5.74, 6) is -1.42. The van der Waals surface area contributed by atoms with E-state index < -0.39 is 17.8 Å². The van der Waals surface area contributed by atoms with Crippen LogP contribution in [0.5, 0.6) is 0 Å². The van der Waals surface area contributed by atoms with Crippen LogP contribution < -0.4 is 48.0 Å². The van der Waals surface area contributed by atoms with E-state index in [1.807, 2.05) is 0 Å². The van der Waals surface area contributed by atoms with Crippen LogP contribution in [0.15, 0.2) is 0 Å². The summed E-state index contributed by atoms with van der Waals surface area (Å²) in [6.45, 7) is 0. The van der Waals surface area contributed by atoms with Crippen LogP contribution in [-0.2, 0) is 19.2 Å². The van der Waals surface area contributed by atoms with E-state index in [1.165, 1.54) is 0 Å². The molecule has 0 spiro atoms. The Labute approximate surface area is 172 Å². The van der Waals surface area contributed by atoms with E-state index in [4.69, 9.17) is 4.84 Å². The molecule has 1 saturated heterocycles. The average Bonchev–Trinajstić information content (AvgIpc) is 2.57. The van der Waals surface area contributed by atoms with Crippen molar-refractivity contribution < 1.29 is 76.1 Å². The molecule has 7 nitrogen and oxygen atoms in total. The lowest BCUT2D eigenvalue weighted by Gasteiger charge is -2.42. The fourth-order valence-corrected chi connectivity index (χ4v) is 2.87. The lowest BCUT2D eigenvalue weighted by Crippen LogP contribution is -3.00. The van der Waals surface area contributed by atoms with Gasteiger partial charge in [-0.1, -0.05) is 0 Å². The van der Waals surface area contributed by atoms with Gasteiger partial charge in [0.05, 0.1) is 55.1 Å². The number of rotatable bonds is 6. The standard InChI is InChI=1S/C14H27N3O4.2HI/c1-16(2,3)13(17(4,5)6)9-10-14(20)21-15-11(18)7-8-12(15)19;;/h13H,7-10H2,1-6H3;2*1H/q+2;;/p-2. The summed E-state index contributed by atoms with van der Waals surface area (Å²) >= 11 is 0. The zero-order valence-corrected chi connectivity index (χ0v) is 19.0. The number of amides is 2. The minimum atomic E-state index is -0.537. The van der Waals surface area contributed by atoms with E-state index in [0.717, 1.165) is 0 Å². The maximum Gasteiger partial charge on any atom is 0.333 e. The smallest absolute Gasteiger partial charge is 0.333 e. The van der Waals surface area contributed by atoms with Crippen molar-refractivity contribution >= 4 is 17.8 Å². The maximum atomic E-state index is 11.9. The van der Waals surface area contributed by atoms with Gasteiger partial charge in [-0.15, -0.1) is 5.06 Å². The Morgan fingerprint density at radius 3 is 1.74 bits per heavy atom. The van der Waals surface area contributed by atoms with Crippen molar-refractivity contribution in [2.24, 2.45) is 0 Å². The highest BCUT2D eigenvalue weighted by molar-refractivity contribution is 6.01. The fourth-order valence-electron chi connectivity index (χ4n) is 2.87. The van der Waals surface area contributed by atoms with E-state index in [1.54, 1.807) is 0 Å². The third-order valence-electron chi connectivity index (χ3n) is 3.59. The van der Waals surface area contributed by atoms with Gasteiger partial charge in [0.1, 0.15) is 0 Å². The van der Waals surface area contributed by atoms with E-state index in [0.29, 0.717) is 20.5 Å². The molecular weight excluding hydrogens is 528 g/mol. The zero-order chi connectivity index (χ0) is 16.4. The van der Waals surface area contributed by atoms with Gasteiger partial charge in [0.2, 0.25) is 6.17 Å². The first-order chi connectivity index (χ1) is 9.43. The molecule has 1 aliphatic heterocycles. The molecule has 1 rings (SSSR count). The van der Waals surface area contributed by atoms with Gasteiger partial charge in [-0.25, -0.2) is 4.79 Å². The van der Waals surface area contributed by atoms with Gasteiger partial charge in [-0.2, -0.15) is 0 Å². The minimum Gasteiger partial charge on any atom is -1.00 e. The number of carbonyl (C=O) groups is 3. The molecule has 0 aromatic heterocycles. The maximum absolute atomic E-state index is 11.9. The molecule has 9 heteroatoms. The van der Waals surface area contributed by atoms with Gasteiger partial charge < -0.3 is 52.8 Å². The van der Waals surface area contributed by atoms with Crippen LogP contribution in [0.2, 0.25) is 0 Å². The Kier molecular flexibility index (Phi) is 10.4. The Balaban J connectivity index is 0. The van der Waals surface area contributed by atoms with E-state index in [9.17, 15) is 14.4 Å². The molecule has 0 bridgehead atoms. The average molecular weight is 555 g/mol. The van der Waals surface area contributed by atoms with Crippen LogP contribution in [-0.4, -0.2) is 80.3 Å². The van der Waals surface area contributed by atoms with E-state index >= 15 is 0 Å². The quantitative estimate of drug-likeness (QED) is 0.142. The predicted octanol–water partition coefficient (Wildman–Crippen LogP) is -5.88. The molecule has 1 heterocycles. The van der Waals surface area contributed by atoms with Gasteiger partial charge in [0, 0.05) is 12.8 Å². The Hall–Kier alpha value is -0.0100. The number of halogens is 2. The monoisotopic (exact) mass is 555 g/mol. The highest BCUT2D eigenvalue weighted by Crippen LogP contribution is 2.19. The lowest BCUT2D eigenvalue weighted by molar-refractivity contribution is -1.09. The second kappa shape index (κ2) is 9.47. The van der Waals surface area contributed by atoms with Crippen LogP contribution in [0.4, 0.5) is 0 Å². The fraction of sp³-hybridized carbons (Fsp3) is 0.786. The van der Waals surface area contributed by atoms with E-state index in [2.05, 4.69) is 42.3 Å². The largest absolute Gasteiger partial charge is 1.00 e. The van der Waals surface area contributed by atoms with Crippen molar-refractivity contribution in [1.29, 1.82) is 0 Å². The topological polar surface area (TPSA) is 63.7 Å². The molecule has 1 aliphatic rings. The third kappa shape index (κ3) is 7.61. The highest BCUT2D eigenvalue weighted by atomic mass is 127. The first-order valence-corrected chi connectivity index (χ1v) is 7.11. The number of hydrogen-bond acceptors (Lipinski definition) is 4. The van der Waals surface area contributed by atoms with Crippen LogP contribution in [0, 0.1) is 0 Å². The number of carbonyl (C=O) groups excluding carboxylic acids is 3. The van der Waals surface area contributed by atoms with Gasteiger partial charge in [-0.3, -0.25) is 18.6 Å². The summed E-state index contributed by atoms with van der Waals surface area (Å²) in [4.78, 5) is 39.6. The zero-order valence-electron chi connectivity index (χ0n) is 14.6. The summed E-state index contributed by atoms with van der Waals surface area (Å²) in [5.41, 5.74) is 0. The molecular formula is C14H27I2N3O4. The van der Waals surface area contributed by atoms with Crippen molar-refractivity contribution in [1.82, 2.24) is 5.06 Å². The molecule has 1 fully saturated rings. The summed E-state index contributed by atoms with van der Waals surface area (Å²) < 4.78 is 1.41. The van der Waals surface area contributed by atoms with Gasteiger partial charge in [0.15, 0.2) is 0 Å². The second-order valence-electron chi connectivity index (χ2n) is 7.30. The van der Waals surface area contributed by atoms with Crippen molar-refractivity contribution in [3.63, 3.8) is 0 Å². The summed E-state index contributed by atoms with van der Waals surface area (Å²) in [6.07, 6.45) is 1.22. The lowest BCUT2D eigenvalue weighted by atomic mass is 10.2. The number of nitrogens with zero attached hydrogens (tertiary/aromatic N) is 3. The molecule has 0 aromatic rings. The van der Waals surface area contributed by atoms with Gasteiger partial charge in [0.25, 0.3) is 11.8 Å². The SMILES string of the molecule is C[N+](C)(C)C(CCC(=O)ON1C(=O)CCC1=O)[N+](C)(C)C.[I-].[I-]. The molecule has 0 N–H and O–H groups in total.